The average Bonchev–Trinajstić information content (AvgIpc) is 2.28. The first kappa shape index (κ1) is 12.1. The number of aryl methyl sites for hydroxylation is 1. The Labute approximate surface area is 91.0 Å². The van der Waals surface area contributed by atoms with E-state index in [4.69, 9.17) is 0 Å². The molecule has 1 aromatic carbocycles. The molecule has 0 saturated carbocycles. The molecule has 0 aliphatic carbocycles. The Kier molecular flexibility index (Phi) is 3.55. The highest BCUT2D eigenvalue weighted by atomic mass is 19.1. The molecule has 0 radical (unpaired) electrons. The molecular formula is C10H10FNO4. The van der Waals surface area contributed by atoms with Crippen LogP contribution < -0.4 is 0 Å². The summed E-state index contributed by atoms with van der Waals surface area (Å²) < 4.78 is 17.9. The van der Waals surface area contributed by atoms with Gasteiger partial charge in [0.25, 0.3) is 0 Å². The predicted molar refractivity (Wildman–Crippen MR) is 53.8 cm³/mol. The van der Waals surface area contributed by atoms with Gasteiger partial charge in [-0.1, -0.05) is 6.92 Å². The second kappa shape index (κ2) is 4.69. The number of hydrogen-bond donors (Lipinski definition) is 0. The minimum absolute atomic E-state index is 0.409. The molecule has 0 aliphatic heterocycles. The minimum Gasteiger partial charge on any atom is -0.465 e. The van der Waals surface area contributed by atoms with Crippen molar-refractivity contribution in [2.24, 2.45) is 0 Å². The van der Waals surface area contributed by atoms with Gasteiger partial charge in [-0.05, 0) is 18.1 Å². The van der Waals surface area contributed by atoms with Crippen molar-refractivity contribution in [1.29, 1.82) is 0 Å². The van der Waals surface area contributed by atoms with Crippen molar-refractivity contribution < 1.29 is 18.8 Å². The van der Waals surface area contributed by atoms with Gasteiger partial charge in [0.2, 0.25) is 5.82 Å². The Morgan fingerprint density at radius 2 is 2.19 bits per heavy atom. The topological polar surface area (TPSA) is 69.4 Å². The smallest absolute Gasteiger partial charge is 0.341 e. The molecule has 0 amide bonds. The molecule has 0 N–H and O–H groups in total. The fourth-order valence-electron chi connectivity index (χ4n) is 1.26. The van der Waals surface area contributed by atoms with E-state index in [0.29, 0.717) is 12.0 Å². The monoisotopic (exact) mass is 227 g/mol. The number of nitro groups is 1. The number of benzene rings is 1. The highest BCUT2D eigenvalue weighted by Gasteiger charge is 2.23. The summed E-state index contributed by atoms with van der Waals surface area (Å²) >= 11 is 0. The molecule has 0 fully saturated rings. The number of rotatable bonds is 3. The van der Waals surface area contributed by atoms with Gasteiger partial charge in [0.1, 0.15) is 5.56 Å². The third kappa shape index (κ3) is 2.16. The van der Waals surface area contributed by atoms with Crippen LogP contribution in [-0.4, -0.2) is 18.0 Å². The summed E-state index contributed by atoms with van der Waals surface area (Å²) in [4.78, 5) is 20.9. The number of carbonyl (C=O) groups excluding carboxylic acids is 1. The second-order valence-electron chi connectivity index (χ2n) is 3.08. The van der Waals surface area contributed by atoms with E-state index in [9.17, 15) is 19.3 Å². The molecule has 1 aromatic rings. The van der Waals surface area contributed by atoms with E-state index >= 15 is 0 Å². The normalized spacial score (nSPS) is 9.94. The van der Waals surface area contributed by atoms with Gasteiger partial charge in [-0.15, -0.1) is 0 Å². The van der Waals surface area contributed by atoms with Crippen LogP contribution in [0, 0.1) is 15.9 Å². The number of halogens is 1. The molecule has 0 atom stereocenters. The van der Waals surface area contributed by atoms with Crippen LogP contribution in [0.3, 0.4) is 0 Å². The lowest BCUT2D eigenvalue weighted by atomic mass is 10.1. The lowest BCUT2D eigenvalue weighted by Gasteiger charge is -2.04. The van der Waals surface area contributed by atoms with Gasteiger partial charge in [0, 0.05) is 6.07 Å². The number of nitrogens with zero attached hydrogens (tertiary/aromatic N) is 1. The van der Waals surface area contributed by atoms with Gasteiger partial charge < -0.3 is 4.74 Å². The Morgan fingerprint density at radius 1 is 1.56 bits per heavy atom. The largest absolute Gasteiger partial charge is 0.465 e. The van der Waals surface area contributed by atoms with E-state index in [1.165, 1.54) is 6.07 Å². The van der Waals surface area contributed by atoms with Crippen molar-refractivity contribution in [3.8, 4) is 0 Å². The zero-order chi connectivity index (χ0) is 12.3. The fourth-order valence-corrected chi connectivity index (χ4v) is 1.26. The Hall–Kier alpha value is -1.98. The Balaban J connectivity index is 3.43. The lowest BCUT2D eigenvalue weighted by molar-refractivity contribution is -0.387. The SMILES string of the molecule is CCc1cc(C(=O)OC)c(F)c([N+](=O)[O-])c1. The van der Waals surface area contributed by atoms with Crippen LogP contribution in [-0.2, 0) is 11.2 Å². The van der Waals surface area contributed by atoms with Crippen molar-refractivity contribution in [2.45, 2.75) is 13.3 Å². The molecule has 0 heterocycles. The van der Waals surface area contributed by atoms with Crippen molar-refractivity contribution in [2.75, 3.05) is 7.11 Å². The zero-order valence-electron chi connectivity index (χ0n) is 8.82. The number of hydrogen-bond acceptors (Lipinski definition) is 4. The molecule has 0 bridgehead atoms. The van der Waals surface area contributed by atoms with Gasteiger partial charge in [0.05, 0.1) is 12.0 Å². The number of ether oxygens (including phenoxy) is 1. The molecule has 1 rings (SSSR count). The maximum Gasteiger partial charge on any atom is 0.341 e. The number of esters is 1. The van der Waals surface area contributed by atoms with Crippen LogP contribution >= 0.6 is 0 Å². The quantitative estimate of drug-likeness (QED) is 0.450. The predicted octanol–water partition coefficient (Wildman–Crippen LogP) is 2.08. The van der Waals surface area contributed by atoms with Crippen molar-refractivity contribution >= 4 is 11.7 Å². The summed E-state index contributed by atoms with van der Waals surface area (Å²) in [6, 6.07) is 2.37. The Morgan fingerprint density at radius 3 is 2.62 bits per heavy atom. The summed E-state index contributed by atoms with van der Waals surface area (Å²) in [7, 11) is 1.09. The van der Waals surface area contributed by atoms with E-state index in [-0.39, 0.29) is 0 Å². The first-order chi connectivity index (χ1) is 7.51. The van der Waals surface area contributed by atoms with E-state index in [2.05, 4.69) is 4.74 Å². The summed E-state index contributed by atoms with van der Waals surface area (Å²) in [6.45, 7) is 1.75. The van der Waals surface area contributed by atoms with Crippen LogP contribution in [0.5, 0.6) is 0 Å². The summed E-state index contributed by atoms with van der Waals surface area (Å²) in [5.41, 5.74) is -0.609. The van der Waals surface area contributed by atoms with E-state index in [1.807, 2.05) is 0 Å². The molecule has 0 aliphatic rings. The van der Waals surface area contributed by atoms with E-state index in [0.717, 1.165) is 13.2 Å². The van der Waals surface area contributed by atoms with Crippen LogP contribution in [0.15, 0.2) is 12.1 Å². The molecule has 86 valence electrons. The number of methoxy groups -OCH3 is 1. The van der Waals surface area contributed by atoms with Crippen molar-refractivity contribution in [3.63, 3.8) is 0 Å². The summed E-state index contributed by atoms with van der Waals surface area (Å²) in [5, 5.41) is 10.6. The molecule has 0 saturated heterocycles. The third-order valence-electron chi connectivity index (χ3n) is 2.12. The molecule has 5 nitrogen and oxygen atoms in total. The lowest BCUT2D eigenvalue weighted by Crippen LogP contribution is -2.08. The highest BCUT2D eigenvalue weighted by molar-refractivity contribution is 5.90. The maximum atomic E-state index is 13.5. The number of nitro benzene ring substituents is 1. The molecule has 16 heavy (non-hydrogen) atoms. The molecule has 6 heteroatoms. The van der Waals surface area contributed by atoms with Gasteiger partial charge in [-0.3, -0.25) is 10.1 Å². The van der Waals surface area contributed by atoms with Gasteiger partial charge in [-0.2, -0.15) is 4.39 Å². The number of carbonyl (C=O) groups is 1. The average molecular weight is 227 g/mol. The highest BCUT2D eigenvalue weighted by Crippen LogP contribution is 2.23. The first-order valence-electron chi connectivity index (χ1n) is 4.56. The van der Waals surface area contributed by atoms with Crippen LogP contribution in [0.1, 0.15) is 22.8 Å². The van der Waals surface area contributed by atoms with Crippen LogP contribution in [0.4, 0.5) is 10.1 Å². The summed E-state index contributed by atoms with van der Waals surface area (Å²) in [6.07, 6.45) is 0.463. The van der Waals surface area contributed by atoms with Crippen molar-refractivity contribution in [3.05, 3.63) is 39.2 Å². The first-order valence-corrected chi connectivity index (χ1v) is 4.56. The Bertz CT molecular complexity index is 445. The second-order valence-corrected chi connectivity index (χ2v) is 3.08. The molecule has 0 aromatic heterocycles. The van der Waals surface area contributed by atoms with Crippen molar-refractivity contribution in [1.82, 2.24) is 0 Å². The minimum atomic E-state index is -1.16. The van der Waals surface area contributed by atoms with E-state index in [1.54, 1.807) is 6.92 Å². The fraction of sp³-hybridized carbons (Fsp3) is 0.300. The summed E-state index contributed by atoms with van der Waals surface area (Å²) in [5.74, 6) is -2.08. The van der Waals surface area contributed by atoms with E-state index < -0.39 is 28.0 Å². The molecular weight excluding hydrogens is 217 g/mol. The van der Waals surface area contributed by atoms with Gasteiger partial charge >= 0.3 is 11.7 Å². The van der Waals surface area contributed by atoms with Gasteiger partial charge in [-0.25, -0.2) is 4.79 Å². The standard InChI is InChI=1S/C10H10FNO4/c1-3-6-4-7(10(13)16-2)9(11)8(5-6)12(14)15/h4-5H,3H2,1-2H3. The maximum absolute atomic E-state index is 13.5. The molecule has 0 unspecified atom stereocenters. The third-order valence-corrected chi connectivity index (χ3v) is 2.12. The van der Waals surface area contributed by atoms with Gasteiger partial charge in [0.15, 0.2) is 0 Å². The zero-order valence-corrected chi connectivity index (χ0v) is 8.82. The molecule has 0 spiro atoms. The van der Waals surface area contributed by atoms with Crippen LogP contribution in [0.25, 0.3) is 0 Å². The van der Waals surface area contributed by atoms with Crippen LogP contribution in [0.2, 0.25) is 0 Å².